The van der Waals surface area contributed by atoms with Gasteiger partial charge in [0.1, 0.15) is 0 Å². The van der Waals surface area contributed by atoms with Gasteiger partial charge in [0.15, 0.2) is 0 Å². The van der Waals surface area contributed by atoms with Crippen LogP contribution in [-0.4, -0.2) is 28.7 Å². The number of benzene rings is 2. The summed E-state index contributed by atoms with van der Waals surface area (Å²) in [5.41, 5.74) is 8.01. The summed E-state index contributed by atoms with van der Waals surface area (Å²) in [6.45, 7) is 5.26. The van der Waals surface area contributed by atoms with Gasteiger partial charge in [0.05, 0.1) is 11.3 Å². The van der Waals surface area contributed by atoms with Gasteiger partial charge in [-0.3, -0.25) is 0 Å². The van der Waals surface area contributed by atoms with Crippen LogP contribution in [0, 0.1) is 6.92 Å². The Morgan fingerprint density at radius 2 is 1.83 bits per heavy atom. The molecule has 1 aliphatic heterocycles. The number of hydrogen-bond donors (Lipinski definition) is 1. The number of likely N-dealkylation sites (N-methyl/N-ethyl adjacent to an activating group) is 1. The molecule has 1 unspecified atom stereocenters. The standard InChI is InChI=1S/C26H30N2O2/c1-16-9-11-21-22(13-16)27(3)17(2)15-28-23-14-19(26(29)30)10-12-20(23)24(25(21)28)18-7-5-4-6-8-18/h9-14,17-18H,4-8,15H2,1-3H3,(H,29,30). The normalized spacial score (nSPS) is 19.4. The first-order valence-corrected chi connectivity index (χ1v) is 11.2. The van der Waals surface area contributed by atoms with Gasteiger partial charge in [0.25, 0.3) is 0 Å². The molecule has 0 bridgehead atoms. The molecule has 2 heterocycles. The molecule has 3 aromatic rings. The largest absolute Gasteiger partial charge is 0.478 e. The molecular weight excluding hydrogens is 372 g/mol. The van der Waals surface area contributed by atoms with Crippen LogP contribution in [0.3, 0.4) is 0 Å². The zero-order valence-electron chi connectivity index (χ0n) is 18.1. The van der Waals surface area contributed by atoms with Crippen molar-refractivity contribution in [3.8, 4) is 11.3 Å². The topological polar surface area (TPSA) is 45.5 Å². The number of fused-ring (bicyclic) bond motifs is 5. The molecule has 30 heavy (non-hydrogen) atoms. The Hall–Kier alpha value is -2.75. The van der Waals surface area contributed by atoms with E-state index in [2.05, 4.69) is 54.6 Å². The lowest BCUT2D eigenvalue weighted by molar-refractivity contribution is 0.0697. The Labute approximate surface area is 178 Å². The van der Waals surface area contributed by atoms with Gasteiger partial charge in [-0.1, -0.05) is 37.5 Å². The number of aryl methyl sites for hydroxylation is 1. The maximum atomic E-state index is 11.7. The molecule has 0 amide bonds. The molecule has 156 valence electrons. The van der Waals surface area contributed by atoms with Gasteiger partial charge in [-0.15, -0.1) is 0 Å². The van der Waals surface area contributed by atoms with Crippen LogP contribution >= 0.6 is 0 Å². The van der Waals surface area contributed by atoms with Crippen molar-refractivity contribution in [2.24, 2.45) is 0 Å². The molecule has 0 radical (unpaired) electrons. The third-order valence-corrected chi connectivity index (χ3v) is 7.26. The van der Waals surface area contributed by atoms with Crippen molar-refractivity contribution in [2.45, 2.75) is 64.5 Å². The Morgan fingerprint density at radius 1 is 1.07 bits per heavy atom. The monoisotopic (exact) mass is 402 g/mol. The van der Waals surface area contributed by atoms with Crippen LogP contribution < -0.4 is 4.90 Å². The number of carboxylic acid groups (broad SMARTS) is 1. The SMILES string of the molecule is Cc1ccc2c(c1)N(C)C(C)Cn1c-2c(C2CCCCC2)c2ccc(C(=O)O)cc21. The first-order chi connectivity index (χ1) is 14.5. The van der Waals surface area contributed by atoms with E-state index >= 15 is 0 Å². The first kappa shape index (κ1) is 19.2. The van der Waals surface area contributed by atoms with Crippen molar-refractivity contribution >= 4 is 22.6 Å². The van der Waals surface area contributed by atoms with E-state index in [0.717, 1.165) is 12.1 Å². The number of nitrogens with zero attached hydrogens (tertiary/aromatic N) is 2. The molecule has 5 rings (SSSR count). The molecule has 1 fully saturated rings. The second-order valence-electron chi connectivity index (χ2n) is 9.23. The van der Waals surface area contributed by atoms with E-state index in [-0.39, 0.29) is 0 Å². The quantitative estimate of drug-likeness (QED) is 0.555. The van der Waals surface area contributed by atoms with Crippen LogP contribution in [0.5, 0.6) is 0 Å². The summed E-state index contributed by atoms with van der Waals surface area (Å²) in [6, 6.07) is 12.8. The lowest BCUT2D eigenvalue weighted by Crippen LogP contribution is -2.31. The fourth-order valence-electron chi connectivity index (χ4n) is 5.55. The van der Waals surface area contributed by atoms with E-state index in [9.17, 15) is 9.90 Å². The van der Waals surface area contributed by atoms with Crippen molar-refractivity contribution in [1.82, 2.24) is 4.57 Å². The molecule has 0 spiro atoms. The van der Waals surface area contributed by atoms with Gasteiger partial charge in [-0.05, 0) is 61.9 Å². The van der Waals surface area contributed by atoms with Gasteiger partial charge in [-0.25, -0.2) is 4.79 Å². The van der Waals surface area contributed by atoms with Gasteiger partial charge >= 0.3 is 5.97 Å². The summed E-state index contributed by atoms with van der Waals surface area (Å²) in [7, 11) is 2.18. The first-order valence-electron chi connectivity index (χ1n) is 11.2. The molecular formula is C26H30N2O2. The van der Waals surface area contributed by atoms with E-state index in [4.69, 9.17) is 0 Å². The summed E-state index contributed by atoms with van der Waals surface area (Å²) in [5.74, 6) is -0.317. The Kier molecular flexibility index (Phi) is 4.61. The van der Waals surface area contributed by atoms with Crippen molar-refractivity contribution in [1.29, 1.82) is 0 Å². The van der Waals surface area contributed by atoms with Crippen LogP contribution in [-0.2, 0) is 6.54 Å². The maximum Gasteiger partial charge on any atom is 0.335 e. The molecule has 2 aromatic carbocycles. The minimum atomic E-state index is -0.860. The third-order valence-electron chi connectivity index (χ3n) is 7.26. The van der Waals surface area contributed by atoms with Crippen LogP contribution in [0.25, 0.3) is 22.2 Å². The lowest BCUT2D eigenvalue weighted by atomic mass is 9.81. The van der Waals surface area contributed by atoms with Crippen LogP contribution in [0.1, 0.15) is 66.4 Å². The molecule has 1 aromatic heterocycles. The second-order valence-corrected chi connectivity index (χ2v) is 9.23. The summed E-state index contributed by atoms with van der Waals surface area (Å²) in [5, 5.41) is 10.9. The van der Waals surface area contributed by atoms with Crippen LogP contribution in [0.2, 0.25) is 0 Å². The van der Waals surface area contributed by atoms with Crippen LogP contribution in [0.15, 0.2) is 36.4 Å². The van der Waals surface area contributed by atoms with Gasteiger partial charge < -0.3 is 14.6 Å². The number of aromatic carboxylic acids is 1. The molecule has 1 aliphatic carbocycles. The van der Waals surface area contributed by atoms with Crippen molar-refractivity contribution in [3.05, 3.63) is 53.1 Å². The molecule has 4 heteroatoms. The van der Waals surface area contributed by atoms with E-state index in [1.165, 1.54) is 65.6 Å². The number of carboxylic acids is 1. The lowest BCUT2D eigenvalue weighted by Gasteiger charge is -2.27. The van der Waals surface area contributed by atoms with E-state index in [0.29, 0.717) is 17.5 Å². The number of hydrogen-bond acceptors (Lipinski definition) is 2. The molecule has 4 nitrogen and oxygen atoms in total. The highest BCUT2D eigenvalue weighted by Crippen LogP contribution is 2.48. The molecule has 1 N–H and O–H groups in total. The molecule has 1 atom stereocenters. The van der Waals surface area contributed by atoms with Crippen molar-refractivity contribution < 1.29 is 9.90 Å². The predicted octanol–water partition coefficient (Wildman–Crippen LogP) is 6.20. The minimum Gasteiger partial charge on any atom is -0.478 e. The zero-order chi connectivity index (χ0) is 21.0. The molecule has 2 aliphatic rings. The fraction of sp³-hybridized carbons (Fsp3) is 0.423. The summed E-state index contributed by atoms with van der Waals surface area (Å²) >= 11 is 0. The highest BCUT2D eigenvalue weighted by atomic mass is 16.4. The van der Waals surface area contributed by atoms with Crippen molar-refractivity contribution in [3.63, 3.8) is 0 Å². The average molecular weight is 403 g/mol. The number of carbonyl (C=O) groups is 1. The fourth-order valence-corrected chi connectivity index (χ4v) is 5.55. The van der Waals surface area contributed by atoms with E-state index < -0.39 is 5.97 Å². The number of rotatable bonds is 2. The van der Waals surface area contributed by atoms with Gasteiger partial charge in [0, 0.05) is 41.8 Å². The van der Waals surface area contributed by atoms with Crippen LogP contribution in [0.4, 0.5) is 5.69 Å². The summed E-state index contributed by atoms with van der Waals surface area (Å²) < 4.78 is 2.41. The zero-order valence-corrected chi connectivity index (χ0v) is 18.1. The second kappa shape index (κ2) is 7.19. The Balaban J connectivity index is 1.87. The number of anilines is 1. The summed E-state index contributed by atoms with van der Waals surface area (Å²) in [6.07, 6.45) is 6.32. The van der Waals surface area contributed by atoms with E-state index in [1.54, 1.807) is 6.07 Å². The van der Waals surface area contributed by atoms with E-state index in [1.807, 2.05) is 6.07 Å². The number of aromatic nitrogens is 1. The van der Waals surface area contributed by atoms with Crippen molar-refractivity contribution in [2.75, 3.05) is 11.9 Å². The predicted molar refractivity (Wildman–Crippen MR) is 123 cm³/mol. The Morgan fingerprint density at radius 3 is 2.57 bits per heavy atom. The summed E-state index contributed by atoms with van der Waals surface area (Å²) in [4.78, 5) is 14.1. The maximum absolute atomic E-state index is 11.7. The smallest absolute Gasteiger partial charge is 0.335 e. The van der Waals surface area contributed by atoms with Gasteiger partial charge in [-0.2, -0.15) is 0 Å². The highest BCUT2D eigenvalue weighted by Gasteiger charge is 2.31. The highest BCUT2D eigenvalue weighted by molar-refractivity contribution is 5.99. The Bertz CT molecular complexity index is 1140. The minimum absolute atomic E-state index is 0.315. The molecule has 0 saturated heterocycles. The van der Waals surface area contributed by atoms with Gasteiger partial charge in [0.2, 0.25) is 0 Å². The molecule has 1 saturated carbocycles. The third kappa shape index (κ3) is 2.92. The average Bonchev–Trinajstić information content (AvgIpc) is 3.01.